The molecule has 2 aliphatic rings. The first kappa shape index (κ1) is 13.4. The second-order valence-corrected chi connectivity index (χ2v) is 6.07. The lowest BCUT2D eigenvalue weighted by Gasteiger charge is -2.37. The number of nitrogens with zero attached hydrogens (tertiary/aromatic N) is 1. The first-order valence-electron chi connectivity index (χ1n) is 7.70. The largest absolute Gasteiger partial charge is 0.550 e. The Kier molecular flexibility index (Phi) is 2.96. The molecule has 0 saturated heterocycles. The molecule has 0 fully saturated rings. The van der Waals surface area contributed by atoms with E-state index < -0.39 is 11.6 Å². The number of carbonyl (C=O) groups is 1. The Morgan fingerprint density at radius 1 is 1.23 bits per heavy atom. The average molecular weight is 298 g/mol. The van der Waals surface area contributed by atoms with Crippen LogP contribution in [0.3, 0.4) is 0 Å². The molecule has 22 heavy (non-hydrogen) atoms. The van der Waals surface area contributed by atoms with Gasteiger partial charge in [0.15, 0.2) is 0 Å². The molecular weight excluding hydrogens is 282 g/mol. The molecule has 0 unspecified atom stereocenters. The maximum atomic E-state index is 11.8. The van der Waals surface area contributed by atoms with Crippen molar-refractivity contribution in [1.82, 2.24) is 0 Å². The van der Waals surface area contributed by atoms with Gasteiger partial charge in [0.05, 0.1) is 0 Å². The summed E-state index contributed by atoms with van der Waals surface area (Å²) in [4.78, 5) is 25.2. The smallest absolute Gasteiger partial charge is 0.336 e. The van der Waals surface area contributed by atoms with Crippen LogP contribution in [0.1, 0.15) is 29.5 Å². The average Bonchev–Trinajstić information content (AvgIpc) is 2.48. The van der Waals surface area contributed by atoms with Gasteiger partial charge in [0.1, 0.15) is 5.58 Å². The van der Waals surface area contributed by atoms with Crippen molar-refractivity contribution in [1.29, 1.82) is 0 Å². The molecule has 1 aromatic heterocycles. The fourth-order valence-corrected chi connectivity index (χ4v) is 3.84. The molecule has 4 rings (SSSR count). The highest BCUT2D eigenvalue weighted by Gasteiger charge is 2.27. The van der Waals surface area contributed by atoms with E-state index in [0.29, 0.717) is 11.1 Å². The van der Waals surface area contributed by atoms with Crippen LogP contribution in [0.25, 0.3) is 11.0 Å². The topological polar surface area (TPSA) is 73.6 Å². The monoisotopic (exact) mass is 298 g/mol. The zero-order valence-electron chi connectivity index (χ0n) is 12.2. The minimum absolute atomic E-state index is 0.260. The van der Waals surface area contributed by atoms with Crippen LogP contribution in [-0.4, -0.2) is 19.1 Å². The van der Waals surface area contributed by atoms with Gasteiger partial charge in [0, 0.05) is 48.2 Å². The van der Waals surface area contributed by atoms with E-state index in [0.717, 1.165) is 49.7 Å². The number of aliphatic carboxylic acids is 1. The first-order valence-corrected chi connectivity index (χ1v) is 7.70. The molecule has 0 spiro atoms. The fraction of sp³-hybridized carbons (Fsp3) is 0.412. The Hall–Kier alpha value is -2.30. The lowest BCUT2D eigenvalue weighted by atomic mass is 9.89. The van der Waals surface area contributed by atoms with Crippen molar-refractivity contribution in [2.45, 2.75) is 32.1 Å². The zero-order valence-corrected chi connectivity index (χ0v) is 12.2. The van der Waals surface area contributed by atoms with Gasteiger partial charge in [-0.05, 0) is 42.9 Å². The summed E-state index contributed by atoms with van der Waals surface area (Å²) in [6.45, 7) is 2.07. The van der Waals surface area contributed by atoms with Gasteiger partial charge < -0.3 is 19.2 Å². The maximum absolute atomic E-state index is 11.8. The van der Waals surface area contributed by atoms with Crippen molar-refractivity contribution in [3.63, 3.8) is 0 Å². The minimum Gasteiger partial charge on any atom is -0.550 e. The number of anilines is 1. The van der Waals surface area contributed by atoms with Crippen molar-refractivity contribution in [2.75, 3.05) is 18.0 Å². The van der Waals surface area contributed by atoms with Crippen LogP contribution >= 0.6 is 0 Å². The maximum Gasteiger partial charge on any atom is 0.336 e. The summed E-state index contributed by atoms with van der Waals surface area (Å²) < 4.78 is 5.46. The molecule has 0 atom stereocenters. The van der Waals surface area contributed by atoms with Gasteiger partial charge in [-0.1, -0.05) is 0 Å². The number of benzene rings is 1. The molecule has 0 N–H and O–H groups in total. The molecule has 0 radical (unpaired) electrons. The fourth-order valence-electron chi connectivity index (χ4n) is 3.84. The third kappa shape index (κ3) is 2.00. The van der Waals surface area contributed by atoms with Crippen molar-refractivity contribution in [3.8, 4) is 0 Å². The van der Waals surface area contributed by atoms with Gasteiger partial charge in [-0.25, -0.2) is 4.79 Å². The second-order valence-electron chi connectivity index (χ2n) is 6.07. The molecule has 1 aromatic carbocycles. The van der Waals surface area contributed by atoms with Gasteiger partial charge in [-0.15, -0.1) is 0 Å². The molecular formula is C17H16NO4-. The number of carboxylic acids is 1. The molecule has 2 aromatic rings. The summed E-state index contributed by atoms with van der Waals surface area (Å²) in [5.74, 6) is -1.18. The molecule has 0 saturated carbocycles. The second kappa shape index (κ2) is 4.87. The molecule has 5 nitrogen and oxygen atoms in total. The summed E-state index contributed by atoms with van der Waals surface area (Å²) in [5, 5.41) is 11.7. The van der Waals surface area contributed by atoms with E-state index in [1.165, 1.54) is 17.3 Å². The molecule has 3 heterocycles. The van der Waals surface area contributed by atoms with Gasteiger partial charge >= 0.3 is 5.63 Å². The summed E-state index contributed by atoms with van der Waals surface area (Å²) >= 11 is 0. The minimum atomic E-state index is -1.18. The van der Waals surface area contributed by atoms with Crippen molar-refractivity contribution < 1.29 is 14.3 Å². The quantitative estimate of drug-likeness (QED) is 0.766. The van der Waals surface area contributed by atoms with Crippen LogP contribution in [0.15, 0.2) is 21.3 Å². The number of hydrogen-bond donors (Lipinski definition) is 0. The normalized spacial score (nSPS) is 16.6. The molecule has 114 valence electrons. The Balaban J connectivity index is 2.05. The molecule has 5 heteroatoms. The third-order valence-corrected chi connectivity index (χ3v) is 4.65. The number of aryl methyl sites for hydroxylation is 2. The number of rotatable bonds is 2. The van der Waals surface area contributed by atoms with Crippen molar-refractivity contribution in [3.05, 3.63) is 39.2 Å². The van der Waals surface area contributed by atoms with E-state index >= 15 is 0 Å². The van der Waals surface area contributed by atoms with E-state index in [1.54, 1.807) is 0 Å². The van der Waals surface area contributed by atoms with Gasteiger partial charge in [-0.2, -0.15) is 0 Å². The zero-order chi connectivity index (χ0) is 15.3. The SMILES string of the molecule is O=C([O-])Cc1cc(=O)oc2c3c4c(cc12)CCCN4CCC3. The van der Waals surface area contributed by atoms with E-state index in [4.69, 9.17) is 4.42 Å². The predicted octanol–water partition coefficient (Wildman–Crippen LogP) is 0.784. The highest BCUT2D eigenvalue weighted by atomic mass is 16.4. The first-order chi connectivity index (χ1) is 10.6. The van der Waals surface area contributed by atoms with Crippen LogP contribution in [-0.2, 0) is 24.1 Å². The summed E-state index contributed by atoms with van der Waals surface area (Å²) in [6, 6.07) is 3.29. The van der Waals surface area contributed by atoms with Gasteiger partial charge in [-0.3, -0.25) is 0 Å². The lowest BCUT2D eigenvalue weighted by Crippen LogP contribution is -2.34. The molecule has 2 aliphatic heterocycles. The van der Waals surface area contributed by atoms with Crippen LogP contribution in [0, 0.1) is 0 Å². The van der Waals surface area contributed by atoms with Gasteiger partial charge in [0.2, 0.25) is 0 Å². The Labute approximate surface area is 127 Å². The molecule has 0 aliphatic carbocycles. The highest BCUT2D eigenvalue weighted by molar-refractivity contribution is 5.92. The number of fused-ring (bicyclic) bond motifs is 2. The predicted molar refractivity (Wildman–Crippen MR) is 80.1 cm³/mol. The van der Waals surface area contributed by atoms with Crippen LogP contribution in [0.5, 0.6) is 0 Å². The van der Waals surface area contributed by atoms with Gasteiger partial charge in [0.25, 0.3) is 0 Å². The number of hydrogen-bond acceptors (Lipinski definition) is 5. The highest BCUT2D eigenvalue weighted by Crippen LogP contribution is 2.40. The lowest BCUT2D eigenvalue weighted by molar-refractivity contribution is -0.304. The van der Waals surface area contributed by atoms with E-state index in [-0.39, 0.29) is 6.42 Å². The summed E-state index contributed by atoms with van der Waals surface area (Å²) in [5.41, 5.74) is 4.08. The standard InChI is InChI=1S/C17H17NO4/c19-14(20)8-11-9-15(21)22-17-12-4-2-6-18-5-1-3-10(16(12)18)7-13(11)17/h7,9H,1-6,8H2,(H,19,20)/p-1. The van der Waals surface area contributed by atoms with E-state index in [2.05, 4.69) is 4.90 Å². The Morgan fingerprint density at radius 2 is 2.00 bits per heavy atom. The number of carbonyl (C=O) groups excluding carboxylic acids is 1. The molecule has 0 amide bonds. The van der Waals surface area contributed by atoms with Crippen LogP contribution in [0.2, 0.25) is 0 Å². The van der Waals surface area contributed by atoms with E-state index in [1.807, 2.05) is 6.07 Å². The van der Waals surface area contributed by atoms with Crippen molar-refractivity contribution in [2.24, 2.45) is 0 Å². The van der Waals surface area contributed by atoms with E-state index in [9.17, 15) is 14.7 Å². The Bertz CT molecular complexity index is 835. The summed E-state index contributed by atoms with van der Waals surface area (Å²) in [6.07, 6.45) is 3.72. The summed E-state index contributed by atoms with van der Waals surface area (Å²) in [7, 11) is 0. The van der Waals surface area contributed by atoms with Crippen molar-refractivity contribution >= 4 is 22.6 Å². The van der Waals surface area contributed by atoms with Crippen LogP contribution in [0.4, 0.5) is 5.69 Å². The Morgan fingerprint density at radius 3 is 2.77 bits per heavy atom. The molecule has 0 bridgehead atoms. The number of carboxylic acid groups (broad SMARTS) is 1. The third-order valence-electron chi connectivity index (χ3n) is 4.65. The van der Waals surface area contributed by atoms with Crippen LogP contribution < -0.4 is 15.6 Å².